The van der Waals surface area contributed by atoms with E-state index in [1.54, 1.807) is 14.1 Å². The first kappa shape index (κ1) is 14.7. The maximum Gasteiger partial charge on any atom is 0.317 e. The molecule has 1 aromatic rings. The van der Waals surface area contributed by atoms with E-state index in [4.69, 9.17) is 4.74 Å². The van der Waals surface area contributed by atoms with Gasteiger partial charge in [-0.2, -0.15) is 0 Å². The van der Waals surface area contributed by atoms with Crippen molar-refractivity contribution in [3.8, 4) is 5.75 Å². The Labute approximate surface area is 120 Å². The minimum Gasteiger partial charge on any atom is -0.489 e. The molecule has 1 aromatic carbocycles. The number of nitrogens with zero attached hydrogens (tertiary/aromatic N) is 1. The van der Waals surface area contributed by atoms with E-state index in [-0.39, 0.29) is 18.2 Å². The van der Waals surface area contributed by atoms with Gasteiger partial charge in [0.15, 0.2) is 0 Å². The second kappa shape index (κ2) is 6.61. The molecule has 2 N–H and O–H groups in total. The van der Waals surface area contributed by atoms with Crippen LogP contribution < -0.4 is 15.4 Å². The lowest BCUT2D eigenvalue weighted by atomic mass is 10.1. The molecule has 2 amide bonds. The summed E-state index contributed by atoms with van der Waals surface area (Å²) in [5, 5.41) is 6.20. The van der Waals surface area contributed by atoms with E-state index in [0.29, 0.717) is 0 Å². The summed E-state index contributed by atoms with van der Waals surface area (Å²) >= 11 is 0. The summed E-state index contributed by atoms with van der Waals surface area (Å²) in [4.78, 5) is 13.1. The van der Waals surface area contributed by atoms with Gasteiger partial charge < -0.3 is 20.3 Å². The standard InChI is InChI=1S/C15H23N3O2/c1-11(17-15(19)18(2)3)12-4-6-13(7-5-12)20-14-8-9-16-10-14/h4-7,11,14,16H,8-10H2,1-3H3,(H,17,19). The van der Waals surface area contributed by atoms with Gasteiger partial charge in [-0.15, -0.1) is 0 Å². The number of carbonyl (C=O) groups excluding carboxylic acids is 1. The van der Waals surface area contributed by atoms with Crippen LogP contribution in [0.5, 0.6) is 5.75 Å². The van der Waals surface area contributed by atoms with Crippen LogP contribution in [0.4, 0.5) is 4.79 Å². The number of hydrogen-bond acceptors (Lipinski definition) is 3. The van der Waals surface area contributed by atoms with Crippen molar-refractivity contribution in [3.63, 3.8) is 0 Å². The smallest absolute Gasteiger partial charge is 0.317 e. The SMILES string of the molecule is CC(NC(=O)N(C)C)c1ccc(OC2CCNC2)cc1. The van der Waals surface area contributed by atoms with E-state index in [9.17, 15) is 4.79 Å². The molecule has 0 saturated carbocycles. The van der Waals surface area contributed by atoms with Gasteiger partial charge in [-0.1, -0.05) is 12.1 Å². The zero-order valence-corrected chi connectivity index (χ0v) is 12.3. The van der Waals surface area contributed by atoms with E-state index in [0.717, 1.165) is 30.8 Å². The van der Waals surface area contributed by atoms with E-state index in [2.05, 4.69) is 10.6 Å². The summed E-state index contributed by atoms with van der Waals surface area (Å²) in [6.45, 7) is 3.91. The van der Waals surface area contributed by atoms with Gasteiger partial charge in [0.1, 0.15) is 11.9 Å². The number of amides is 2. The highest BCUT2D eigenvalue weighted by Crippen LogP contribution is 2.19. The number of urea groups is 1. The maximum atomic E-state index is 11.6. The first-order valence-electron chi connectivity index (χ1n) is 7.01. The van der Waals surface area contributed by atoms with Gasteiger partial charge in [-0.05, 0) is 37.6 Å². The maximum absolute atomic E-state index is 11.6. The highest BCUT2D eigenvalue weighted by molar-refractivity contribution is 5.74. The molecule has 1 heterocycles. The normalized spacial score (nSPS) is 19.4. The third kappa shape index (κ3) is 3.87. The predicted molar refractivity (Wildman–Crippen MR) is 79.0 cm³/mol. The quantitative estimate of drug-likeness (QED) is 0.881. The lowest BCUT2D eigenvalue weighted by Gasteiger charge is -2.19. The molecule has 110 valence electrons. The molecular formula is C15H23N3O2. The van der Waals surface area contributed by atoms with Gasteiger partial charge in [0.2, 0.25) is 0 Å². The Hall–Kier alpha value is -1.75. The second-order valence-electron chi connectivity index (χ2n) is 5.37. The van der Waals surface area contributed by atoms with Crippen molar-refractivity contribution in [1.82, 2.24) is 15.5 Å². The van der Waals surface area contributed by atoms with Crippen LogP contribution in [-0.2, 0) is 0 Å². The molecule has 1 fully saturated rings. The molecule has 0 bridgehead atoms. The molecule has 1 aliphatic heterocycles. The first-order valence-corrected chi connectivity index (χ1v) is 7.01. The topological polar surface area (TPSA) is 53.6 Å². The lowest BCUT2D eigenvalue weighted by molar-refractivity contribution is 0.214. The molecule has 20 heavy (non-hydrogen) atoms. The van der Waals surface area contributed by atoms with Gasteiger partial charge in [0.25, 0.3) is 0 Å². The molecule has 2 rings (SSSR count). The van der Waals surface area contributed by atoms with E-state index in [1.807, 2.05) is 31.2 Å². The van der Waals surface area contributed by atoms with Crippen molar-refractivity contribution in [2.45, 2.75) is 25.5 Å². The number of nitrogens with one attached hydrogen (secondary N) is 2. The van der Waals surface area contributed by atoms with Crippen molar-refractivity contribution >= 4 is 6.03 Å². The molecule has 1 saturated heterocycles. The number of rotatable bonds is 4. The monoisotopic (exact) mass is 277 g/mol. The minimum absolute atomic E-state index is 0.0212. The van der Waals surface area contributed by atoms with Crippen molar-refractivity contribution in [3.05, 3.63) is 29.8 Å². The molecule has 5 heteroatoms. The van der Waals surface area contributed by atoms with Crippen molar-refractivity contribution in [1.29, 1.82) is 0 Å². The Bertz CT molecular complexity index is 439. The molecule has 0 radical (unpaired) electrons. The van der Waals surface area contributed by atoms with Crippen LogP contribution >= 0.6 is 0 Å². The van der Waals surface area contributed by atoms with Gasteiger partial charge in [0.05, 0.1) is 6.04 Å². The van der Waals surface area contributed by atoms with Crippen LogP contribution in [0.3, 0.4) is 0 Å². The highest BCUT2D eigenvalue weighted by atomic mass is 16.5. The minimum atomic E-state index is -0.0881. The fraction of sp³-hybridized carbons (Fsp3) is 0.533. The Morgan fingerprint density at radius 2 is 2.10 bits per heavy atom. The van der Waals surface area contributed by atoms with Crippen LogP contribution in [0.25, 0.3) is 0 Å². The Morgan fingerprint density at radius 3 is 2.65 bits per heavy atom. The van der Waals surface area contributed by atoms with Crippen molar-refractivity contribution in [2.75, 3.05) is 27.2 Å². The van der Waals surface area contributed by atoms with Crippen molar-refractivity contribution in [2.24, 2.45) is 0 Å². The van der Waals surface area contributed by atoms with Gasteiger partial charge in [-0.25, -0.2) is 4.79 Å². The van der Waals surface area contributed by atoms with Gasteiger partial charge in [-0.3, -0.25) is 0 Å². The van der Waals surface area contributed by atoms with Crippen LogP contribution in [0.2, 0.25) is 0 Å². The van der Waals surface area contributed by atoms with Gasteiger partial charge in [0, 0.05) is 20.6 Å². The lowest BCUT2D eigenvalue weighted by Crippen LogP contribution is -2.36. The van der Waals surface area contributed by atoms with Crippen LogP contribution in [0.1, 0.15) is 24.9 Å². The Kier molecular flexibility index (Phi) is 4.84. The van der Waals surface area contributed by atoms with Gasteiger partial charge >= 0.3 is 6.03 Å². The first-order chi connectivity index (χ1) is 9.56. The molecule has 0 spiro atoms. The molecule has 0 aliphatic carbocycles. The summed E-state index contributed by atoms with van der Waals surface area (Å²) in [6, 6.07) is 7.82. The van der Waals surface area contributed by atoms with Crippen LogP contribution in [-0.4, -0.2) is 44.2 Å². The fourth-order valence-electron chi connectivity index (χ4n) is 2.15. The fourth-order valence-corrected chi connectivity index (χ4v) is 2.15. The molecule has 5 nitrogen and oxygen atoms in total. The average molecular weight is 277 g/mol. The third-order valence-electron chi connectivity index (χ3n) is 3.44. The van der Waals surface area contributed by atoms with E-state index < -0.39 is 0 Å². The third-order valence-corrected chi connectivity index (χ3v) is 3.44. The number of benzene rings is 1. The predicted octanol–water partition coefficient (Wildman–Crippen LogP) is 1.76. The number of hydrogen-bond donors (Lipinski definition) is 2. The summed E-state index contributed by atoms with van der Waals surface area (Å²) < 4.78 is 5.87. The molecule has 2 unspecified atom stereocenters. The second-order valence-corrected chi connectivity index (χ2v) is 5.37. The molecular weight excluding hydrogens is 254 g/mol. The summed E-state index contributed by atoms with van der Waals surface area (Å²) in [6.07, 6.45) is 1.32. The molecule has 2 atom stereocenters. The van der Waals surface area contributed by atoms with E-state index in [1.165, 1.54) is 4.90 Å². The number of ether oxygens (including phenoxy) is 1. The number of carbonyl (C=O) groups is 1. The summed E-state index contributed by atoms with van der Waals surface area (Å²) in [5.41, 5.74) is 1.07. The van der Waals surface area contributed by atoms with Crippen molar-refractivity contribution < 1.29 is 9.53 Å². The zero-order valence-electron chi connectivity index (χ0n) is 12.3. The van der Waals surface area contributed by atoms with E-state index >= 15 is 0 Å². The largest absolute Gasteiger partial charge is 0.489 e. The molecule has 0 aromatic heterocycles. The average Bonchev–Trinajstić information content (AvgIpc) is 2.92. The highest BCUT2D eigenvalue weighted by Gasteiger charge is 2.16. The Morgan fingerprint density at radius 1 is 1.40 bits per heavy atom. The summed E-state index contributed by atoms with van der Waals surface area (Å²) in [5.74, 6) is 0.883. The van der Waals surface area contributed by atoms with Crippen LogP contribution in [0, 0.1) is 0 Å². The summed E-state index contributed by atoms with van der Waals surface area (Å²) in [7, 11) is 3.46. The zero-order chi connectivity index (χ0) is 14.5. The molecule has 1 aliphatic rings. The van der Waals surface area contributed by atoms with Crippen LogP contribution in [0.15, 0.2) is 24.3 Å². The Balaban J connectivity index is 1.91.